The van der Waals surface area contributed by atoms with Crippen LogP contribution < -0.4 is 5.73 Å². The van der Waals surface area contributed by atoms with Crippen LogP contribution in [0.25, 0.3) is 0 Å². The number of hydrogen-bond acceptors (Lipinski definition) is 3. The van der Waals surface area contributed by atoms with Crippen molar-refractivity contribution in [1.82, 2.24) is 9.80 Å². The van der Waals surface area contributed by atoms with Crippen LogP contribution in [0.1, 0.15) is 30.0 Å². The molecule has 1 aliphatic rings. The fraction of sp³-hybridized carbons (Fsp3) is 0.647. The van der Waals surface area contributed by atoms with Crippen molar-refractivity contribution in [3.05, 3.63) is 35.1 Å². The molecule has 1 saturated heterocycles. The topological polar surface area (TPSA) is 32.5 Å². The molecule has 1 unspecified atom stereocenters. The molecule has 3 nitrogen and oxygen atoms in total. The fourth-order valence-electron chi connectivity index (χ4n) is 3.41. The highest BCUT2D eigenvalue weighted by molar-refractivity contribution is 5.30. The van der Waals surface area contributed by atoms with Gasteiger partial charge in [0.25, 0.3) is 0 Å². The third kappa shape index (κ3) is 4.25. The van der Waals surface area contributed by atoms with Crippen LogP contribution in [-0.4, -0.2) is 50.1 Å². The van der Waals surface area contributed by atoms with E-state index in [1.807, 2.05) is 13.0 Å². The first-order valence-corrected chi connectivity index (χ1v) is 7.86. The summed E-state index contributed by atoms with van der Waals surface area (Å²) in [6.07, 6.45) is 2.39. The molecule has 4 heteroatoms. The SMILES string of the molecule is Cc1ccc(F)cc1C(CN)N1CCC(CN(C)C)CC1. The van der Waals surface area contributed by atoms with Crippen molar-refractivity contribution in [1.29, 1.82) is 0 Å². The lowest BCUT2D eigenvalue weighted by Crippen LogP contribution is -2.41. The number of nitrogens with zero attached hydrogens (tertiary/aromatic N) is 2. The van der Waals surface area contributed by atoms with Gasteiger partial charge in [-0.15, -0.1) is 0 Å². The van der Waals surface area contributed by atoms with Gasteiger partial charge in [-0.1, -0.05) is 6.07 Å². The number of nitrogens with two attached hydrogens (primary N) is 1. The van der Waals surface area contributed by atoms with Gasteiger partial charge in [-0.2, -0.15) is 0 Å². The van der Waals surface area contributed by atoms with Gasteiger partial charge >= 0.3 is 0 Å². The minimum absolute atomic E-state index is 0.140. The molecule has 2 N–H and O–H groups in total. The molecule has 1 fully saturated rings. The summed E-state index contributed by atoms with van der Waals surface area (Å²) in [7, 11) is 4.26. The number of benzene rings is 1. The number of halogens is 1. The predicted molar refractivity (Wildman–Crippen MR) is 85.8 cm³/mol. The molecule has 0 aliphatic carbocycles. The molecule has 0 amide bonds. The summed E-state index contributed by atoms with van der Waals surface area (Å²) in [5.41, 5.74) is 8.17. The molecule has 1 aliphatic heterocycles. The summed E-state index contributed by atoms with van der Waals surface area (Å²) in [6, 6.07) is 5.17. The minimum Gasteiger partial charge on any atom is -0.329 e. The normalized spacial score (nSPS) is 19.1. The summed E-state index contributed by atoms with van der Waals surface area (Å²) in [5, 5.41) is 0. The Balaban J connectivity index is 2.04. The predicted octanol–water partition coefficient (Wildman–Crippen LogP) is 2.41. The largest absolute Gasteiger partial charge is 0.329 e. The van der Waals surface area contributed by atoms with Gasteiger partial charge in [-0.05, 0) is 76.1 Å². The van der Waals surface area contributed by atoms with Gasteiger partial charge in [0.05, 0.1) is 0 Å². The summed E-state index contributed by atoms with van der Waals surface area (Å²) in [6.45, 7) is 5.84. The monoisotopic (exact) mass is 293 g/mol. The van der Waals surface area contributed by atoms with Gasteiger partial charge in [-0.25, -0.2) is 4.39 Å². The maximum Gasteiger partial charge on any atom is 0.123 e. The van der Waals surface area contributed by atoms with Gasteiger partial charge in [0.2, 0.25) is 0 Å². The molecule has 21 heavy (non-hydrogen) atoms. The van der Waals surface area contributed by atoms with E-state index >= 15 is 0 Å². The molecule has 0 spiro atoms. The average Bonchev–Trinajstić information content (AvgIpc) is 2.44. The number of rotatable bonds is 5. The Morgan fingerprint density at radius 3 is 2.57 bits per heavy atom. The molecular formula is C17H28FN3. The van der Waals surface area contributed by atoms with Gasteiger partial charge in [-0.3, -0.25) is 4.90 Å². The molecule has 0 aromatic heterocycles. The Kier molecular flexibility index (Phi) is 5.73. The first kappa shape index (κ1) is 16.4. The maximum absolute atomic E-state index is 13.6. The molecule has 118 valence electrons. The Morgan fingerprint density at radius 1 is 1.33 bits per heavy atom. The van der Waals surface area contributed by atoms with E-state index < -0.39 is 0 Å². The van der Waals surface area contributed by atoms with Crippen molar-refractivity contribution in [2.24, 2.45) is 11.7 Å². The van der Waals surface area contributed by atoms with E-state index in [0.29, 0.717) is 6.54 Å². The van der Waals surface area contributed by atoms with Gasteiger partial charge < -0.3 is 10.6 Å². The standard InChI is InChI=1S/C17H28FN3/c1-13-4-5-15(18)10-16(13)17(11-19)21-8-6-14(7-9-21)12-20(2)3/h4-5,10,14,17H,6-9,11-12,19H2,1-3H3. The lowest BCUT2D eigenvalue weighted by Gasteiger charge is -2.38. The maximum atomic E-state index is 13.6. The van der Waals surface area contributed by atoms with E-state index in [4.69, 9.17) is 5.73 Å². The van der Waals surface area contributed by atoms with E-state index in [1.165, 1.54) is 18.9 Å². The van der Waals surface area contributed by atoms with E-state index in [9.17, 15) is 4.39 Å². The van der Waals surface area contributed by atoms with Crippen LogP contribution in [0.3, 0.4) is 0 Å². The van der Waals surface area contributed by atoms with E-state index in [1.54, 1.807) is 6.07 Å². The highest BCUT2D eigenvalue weighted by atomic mass is 19.1. The Labute approximate surface area is 127 Å². The zero-order valence-corrected chi connectivity index (χ0v) is 13.5. The van der Waals surface area contributed by atoms with Crippen molar-refractivity contribution in [2.45, 2.75) is 25.8 Å². The lowest BCUT2D eigenvalue weighted by molar-refractivity contribution is 0.122. The van der Waals surface area contributed by atoms with Crippen LogP contribution in [0.2, 0.25) is 0 Å². The van der Waals surface area contributed by atoms with Crippen molar-refractivity contribution in [2.75, 3.05) is 40.3 Å². The molecule has 0 saturated carbocycles. The highest BCUT2D eigenvalue weighted by Gasteiger charge is 2.26. The smallest absolute Gasteiger partial charge is 0.123 e. The van der Waals surface area contributed by atoms with Crippen LogP contribution in [0.15, 0.2) is 18.2 Å². The first-order valence-electron chi connectivity index (χ1n) is 7.86. The van der Waals surface area contributed by atoms with E-state index in [0.717, 1.165) is 36.7 Å². The second kappa shape index (κ2) is 7.34. The molecular weight excluding hydrogens is 265 g/mol. The zero-order valence-electron chi connectivity index (χ0n) is 13.5. The van der Waals surface area contributed by atoms with Crippen molar-refractivity contribution in [3.8, 4) is 0 Å². The van der Waals surface area contributed by atoms with Crippen LogP contribution in [0.4, 0.5) is 4.39 Å². The summed E-state index contributed by atoms with van der Waals surface area (Å²) in [4.78, 5) is 4.69. The highest BCUT2D eigenvalue weighted by Crippen LogP contribution is 2.28. The Morgan fingerprint density at radius 2 is 2.00 bits per heavy atom. The Bertz CT molecular complexity index is 453. The second-order valence-electron chi connectivity index (χ2n) is 6.49. The van der Waals surface area contributed by atoms with Crippen molar-refractivity contribution < 1.29 is 4.39 Å². The fourth-order valence-corrected chi connectivity index (χ4v) is 3.41. The van der Waals surface area contributed by atoms with Crippen LogP contribution in [-0.2, 0) is 0 Å². The van der Waals surface area contributed by atoms with Crippen LogP contribution in [0, 0.1) is 18.7 Å². The summed E-state index contributed by atoms with van der Waals surface area (Å²) in [5.74, 6) is 0.597. The van der Waals surface area contributed by atoms with Gasteiger partial charge in [0.15, 0.2) is 0 Å². The number of hydrogen-bond donors (Lipinski definition) is 1. The van der Waals surface area contributed by atoms with Crippen LogP contribution >= 0.6 is 0 Å². The molecule has 0 radical (unpaired) electrons. The van der Waals surface area contributed by atoms with Crippen molar-refractivity contribution >= 4 is 0 Å². The zero-order chi connectivity index (χ0) is 15.4. The molecule has 1 heterocycles. The minimum atomic E-state index is -0.170. The number of likely N-dealkylation sites (tertiary alicyclic amines) is 1. The van der Waals surface area contributed by atoms with Gasteiger partial charge in [0, 0.05) is 19.1 Å². The third-order valence-electron chi connectivity index (χ3n) is 4.54. The molecule has 1 aromatic carbocycles. The van der Waals surface area contributed by atoms with Crippen LogP contribution in [0.5, 0.6) is 0 Å². The van der Waals surface area contributed by atoms with E-state index in [2.05, 4.69) is 23.9 Å². The first-order chi connectivity index (χ1) is 10.0. The Hall–Kier alpha value is -0.970. The van der Waals surface area contributed by atoms with Gasteiger partial charge in [0.1, 0.15) is 5.82 Å². The summed E-state index contributed by atoms with van der Waals surface area (Å²) < 4.78 is 13.6. The third-order valence-corrected chi connectivity index (χ3v) is 4.54. The molecule has 2 rings (SSSR count). The second-order valence-corrected chi connectivity index (χ2v) is 6.49. The summed E-state index contributed by atoms with van der Waals surface area (Å²) >= 11 is 0. The number of aryl methyl sites for hydroxylation is 1. The number of piperidine rings is 1. The van der Waals surface area contributed by atoms with E-state index in [-0.39, 0.29) is 11.9 Å². The quantitative estimate of drug-likeness (QED) is 0.905. The molecule has 0 bridgehead atoms. The average molecular weight is 293 g/mol. The lowest BCUT2D eigenvalue weighted by atomic mass is 9.92. The molecule has 1 aromatic rings. The molecule has 1 atom stereocenters. The van der Waals surface area contributed by atoms with Crippen molar-refractivity contribution in [3.63, 3.8) is 0 Å².